The van der Waals surface area contributed by atoms with Crippen molar-refractivity contribution >= 4 is 37.5 Å². The van der Waals surface area contributed by atoms with Crippen molar-refractivity contribution in [2.75, 3.05) is 32.6 Å². The van der Waals surface area contributed by atoms with E-state index in [0.29, 0.717) is 5.69 Å². The molecule has 7 nitrogen and oxygen atoms in total. The number of halogens is 1. The fourth-order valence-corrected chi connectivity index (χ4v) is 4.04. The maximum Gasteiger partial charge on any atom is 0.255 e. The summed E-state index contributed by atoms with van der Waals surface area (Å²) in [6, 6.07) is 12.8. The molecule has 2 aromatic rings. The van der Waals surface area contributed by atoms with Crippen molar-refractivity contribution in [1.82, 2.24) is 4.31 Å². The van der Waals surface area contributed by atoms with Crippen LogP contribution in [-0.2, 0) is 14.8 Å². The molecule has 27 heavy (non-hydrogen) atoms. The minimum Gasteiger partial charge on any atom is -0.389 e. The van der Waals surface area contributed by atoms with Gasteiger partial charge in [0.15, 0.2) is 0 Å². The van der Waals surface area contributed by atoms with Crippen molar-refractivity contribution in [1.29, 1.82) is 0 Å². The summed E-state index contributed by atoms with van der Waals surface area (Å²) in [6.07, 6.45) is -0.946. The van der Waals surface area contributed by atoms with Gasteiger partial charge in [-0.1, -0.05) is 28.1 Å². The van der Waals surface area contributed by atoms with Crippen LogP contribution < -0.4 is 5.32 Å². The van der Waals surface area contributed by atoms with Gasteiger partial charge in [-0.3, -0.25) is 4.79 Å². The Morgan fingerprint density at radius 3 is 2.63 bits per heavy atom. The van der Waals surface area contributed by atoms with E-state index in [2.05, 4.69) is 21.2 Å². The van der Waals surface area contributed by atoms with Gasteiger partial charge in [-0.2, -0.15) is 4.31 Å². The molecule has 0 spiro atoms. The number of aliphatic hydroxyl groups excluding tert-OH is 1. The highest BCUT2D eigenvalue weighted by Gasteiger charge is 2.24. The van der Waals surface area contributed by atoms with Crippen LogP contribution in [0.1, 0.15) is 10.4 Å². The van der Waals surface area contributed by atoms with E-state index < -0.39 is 22.0 Å². The molecule has 0 aliphatic carbocycles. The Bertz CT molecular complexity index is 904. The number of methoxy groups -OCH3 is 1. The summed E-state index contributed by atoms with van der Waals surface area (Å²) in [5.74, 6) is -0.424. The molecule has 0 aliphatic rings. The molecular weight excluding hydrogens is 436 g/mol. The number of rotatable bonds is 8. The van der Waals surface area contributed by atoms with Crippen LogP contribution in [0, 0.1) is 0 Å². The molecule has 2 N–H and O–H groups in total. The van der Waals surface area contributed by atoms with E-state index in [0.717, 1.165) is 8.78 Å². The van der Waals surface area contributed by atoms with Crippen LogP contribution in [0.4, 0.5) is 5.69 Å². The summed E-state index contributed by atoms with van der Waals surface area (Å²) in [6.45, 7) is -0.0976. The first-order chi connectivity index (χ1) is 12.7. The second-order valence-electron chi connectivity index (χ2n) is 5.89. The van der Waals surface area contributed by atoms with Crippen molar-refractivity contribution in [2.45, 2.75) is 11.0 Å². The van der Waals surface area contributed by atoms with E-state index in [1.807, 2.05) is 6.07 Å². The Morgan fingerprint density at radius 2 is 1.96 bits per heavy atom. The van der Waals surface area contributed by atoms with Gasteiger partial charge in [-0.05, 0) is 36.4 Å². The Balaban J connectivity index is 2.19. The number of anilines is 1. The fraction of sp³-hybridized carbons (Fsp3) is 0.278. The topological polar surface area (TPSA) is 95.9 Å². The summed E-state index contributed by atoms with van der Waals surface area (Å²) in [5.41, 5.74) is 0.796. The molecule has 0 aromatic heterocycles. The third-order valence-corrected chi connectivity index (χ3v) is 6.03. The van der Waals surface area contributed by atoms with Gasteiger partial charge >= 0.3 is 0 Å². The molecule has 2 aromatic carbocycles. The van der Waals surface area contributed by atoms with E-state index in [-0.39, 0.29) is 23.6 Å². The predicted molar refractivity (Wildman–Crippen MR) is 106 cm³/mol. The number of carbonyl (C=O) groups is 1. The van der Waals surface area contributed by atoms with Crippen LogP contribution in [0.15, 0.2) is 57.9 Å². The summed E-state index contributed by atoms with van der Waals surface area (Å²) >= 11 is 3.33. The Morgan fingerprint density at radius 1 is 1.26 bits per heavy atom. The standard InChI is InChI=1S/C18H21BrN2O5S/c1-21(11-16(22)12-26-2)27(24,25)17-8-3-5-13(9-17)18(23)20-15-7-4-6-14(19)10-15/h3-10,16,22H,11-12H2,1-2H3,(H,20,23). The number of amides is 1. The zero-order valence-electron chi connectivity index (χ0n) is 14.9. The number of hydrogen-bond acceptors (Lipinski definition) is 5. The lowest BCUT2D eigenvalue weighted by Gasteiger charge is -2.20. The van der Waals surface area contributed by atoms with E-state index in [1.54, 1.807) is 18.2 Å². The molecule has 2 rings (SSSR count). The quantitative estimate of drug-likeness (QED) is 0.635. The summed E-state index contributed by atoms with van der Waals surface area (Å²) in [7, 11) is -1.07. The van der Waals surface area contributed by atoms with E-state index >= 15 is 0 Å². The SMILES string of the molecule is COCC(O)CN(C)S(=O)(=O)c1cccc(C(=O)Nc2cccc(Br)c2)c1. The first-order valence-electron chi connectivity index (χ1n) is 8.04. The number of hydrogen-bond donors (Lipinski definition) is 2. The first-order valence-corrected chi connectivity index (χ1v) is 10.3. The number of carbonyl (C=O) groups excluding carboxylic acids is 1. The van der Waals surface area contributed by atoms with Gasteiger partial charge in [-0.15, -0.1) is 0 Å². The molecule has 0 heterocycles. The number of sulfonamides is 1. The third-order valence-electron chi connectivity index (χ3n) is 3.71. The van der Waals surface area contributed by atoms with E-state index in [4.69, 9.17) is 4.74 Å². The summed E-state index contributed by atoms with van der Waals surface area (Å²) in [5, 5.41) is 12.5. The van der Waals surface area contributed by atoms with Crippen molar-refractivity contribution in [2.24, 2.45) is 0 Å². The van der Waals surface area contributed by atoms with Crippen molar-refractivity contribution in [3.63, 3.8) is 0 Å². The van der Waals surface area contributed by atoms with Crippen LogP contribution in [-0.4, -0.2) is 57.1 Å². The Labute approximate surface area is 167 Å². The predicted octanol–water partition coefficient (Wildman–Crippen LogP) is 2.33. The summed E-state index contributed by atoms with van der Waals surface area (Å²) < 4.78 is 32.0. The molecule has 1 unspecified atom stereocenters. The van der Waals surface area contributed by atoms with Gasteiger partial charge in [0.2, 0.25) is 10.0 Å². The molecule has 1 atom stereocenters. The van der Waals surface area contributed by atoms with Gasteiger partial charge in [0.1, 0.15) is 0 Å². The van der Waals surface area contributed by atoms with Crippen LogP contribution in [0.2, 0.25) is 0 Å². The Kier molecular flexibility index (Phi) is 7.51. The number of nitrogens with zero attached hydrogens (tertiary/aromatic N) is 1. The third kappa shape index (κ3) is 5.85. The maximum absolute atomic E-state index is 12.7. The van der Waals surface area contributed by atoms with Crippen molar-refractivity contribution < 1.29 is 23.1 Å². The number of likely N-dealkylation sites (N-methyl/N-ethyl adjacent to an activating group) is 1. The lowest BCUT2D eigenvalue weighted by atomic mass is 10.2. The fourth-order valence-electron chi connectivity index (χ4n) is 2.39. The molecule has 0 bridgehead atoms. The number of benzene rings is 2. The van der Waals surface area contributed by atoms with Crippen LogP contribution >= 0.6 is 15.9 Å². The average Bonchev–Trinajstić information content (AvgIpc) is 2.62. The van der Waals surface area contributed by atoms with Crippen molar-refractivity contribution in [3.8, 4) is 0 Å². The second kappa shape index (κ2) is 9.43. The van der Waals surface area contributed by atoms with Gasteiger partial charge < -0.3 is 15.2 Å². The average molecular weight is 457 g/mol. The molecule has 0 saturated carbocycles. The number of nitrogens with one attached hydrogen (secondary N) is 1. The largest absolute Gasteiger partial charge is 0.389 e. The minimum absolute atomic E-state index is 0.0228. The maximum atomic E-state index is 12.7. The highest BCUT2D eigenvalue weighted by Crippen LogP contribution is 2.19. The normalized spacial score (nSPS) is 12.8. The molecule has 146 valence electrons. The van der Waals surface area contributed by atoms with Crippen LogP contribution in [0.25, 0.3) is 0 Å². The molecule has 9 heteroatoms. The van der Waals surface area contributed by atoms with Gasteiger partial charge in [0.05, 0.1) is 17.6 Å². The van der Waals surface area contributed by atoms with Gasteiger partial charge in [0, 0.05) is 36.4 Å². The van der Waals surface area contributed by atoms with Crippen molar-refractivity contribution in [3.05, 3.63) is 58.6 Å². The van der Waals surface area contributed by atoms with Crippen LogP contribution in [0.5, 0.6) is 0 Å². The molecule has 0 saturated heterocycles. The monoisotopic (exact) mass is 456 g/mol. The highest BCUT2D eigenvalue weighted by atomic mass is 79.9. The smallest absolute Gasteiger partial charge is 0.255 e. The zero-order chi connectivity index (χ0) is 20.0. The molecule has 0 fully saturated rings. The first kappa shape index (κ1) is 21.5. The van der Waals surface area contributed by atoms with Gasteiger partial charge in [-0.25, -0.2) is 8.42 Å². The number of aliphatic hydroxyl groups is 1. The van der Waals surface area contributed by atoms with Gasteiger partial charge in [0.25, 0.3) is 5.91 Å². The lowest BCUT2D eigenvalue weighted by Crippen LogP contribution is -2.36. The lowest BCUT2D eigenvalue weighted by molar-refractivity contribution is 0.0554. The molecule has 0 aliphatic heterocycles. The molecular formula is C18H21BrN2O5S. The number of ether oxygens (including phenoxy) is 1. The molecule has 1 amide bonds. The highest BCUT2D eigenvalue weighted by molar-refractivity contribution is 9.10. The Hall–Kier alpha value is -1.78. The molecule has 0 radical (unpaired) electrons. The second-order valence-corrected chi connectivity index (χ2v) is 8.85. The zero-order valence-corrected chi connectivity index (χ0v) is 17.3. The summed E-state index contributed by atoms with van der Waals surface area (Å²) in [4.78, 5) is 12.4. The minimum atomic E-state index is -3.86. The van der Waals surface area contributed by atoms with E-state index in [9.17, 15) is 18.3 Å². The van der Waals surface area contributed by atoms with Crippen LogP contribution in [0.3, 0.4) is 0 Å². The van der Waals surface area contributed by atoms with E-state index in [1.165, 1.54) is 38.4 Å².